The highest BCUT2D eigenvalue weighted by atomic mass is 35.5. The smallest absolute Gasteiger partial charge is 0.291 e. The normalized spacial score (nSPS) is 10.2. The summed E-state index contributed by atoms with van der Waals surface area (Å²) >= 11 is 6.06. The number of carbonyl (C=O) groups excluding carboxylic acids is 2. The van der Waals surface area contributed by atoms with Crippen molar-refractivity contribution in [1.82, 2.24) is 0 Å². The van der Waals surface area contributed by atoms with Crippen LogP contribution in [0.3, 0.4) is 0 Å². The SMILES string of the molecule is COc1ccc(NC(=O)c2ccco2)cc1NC(=O)c1ccccc1Cl. The van der Waals surface area contributed by atoms with E-state index in [1.807, 2.05) is 0 Å². The summed E-state index contributed by atoms with van der Waals surface area (Å²) in [7, 11) is 1.49. The summed E-state index contributed by atoms with van der Waals surface area (Å²) in [5, 5.41) is 5.78. The Kier molecular flexibility index (Phi) is 5.24. The summed E-state index contributed by atoms with van der Waals surface area (Å²) in [5.74, 6) is -0.157. The molecular weight excluding hydrogens is 356 g/mol. The molecule has 0 spiro atoms. The van der Waals surface area contributed by atoms with Gasteiger partial charge in [-0.2, -0.15) is 0 Å². The lowest BCUT2D eigenvalue weighted by molar-refractivity contribution is 0.0995. The van der Waals surface area contributed by atoms with Crippen LogP contribution < -0.4 is 15.4 Å². The summed E-state index contributed by atoms with van der Waals surface area (Å²) in [6.07, 6.45) is 1.41. The molecule has 6 nitrogen and oxygen atoms in total. The molecule has 2 N–H and O–H groups in total. The number of ether oxygens (including phenoxy) is 1. The van der Waals surface area contributed by atoms with E-state index >= 15 is 0 Å². The zero-order valence-corrected chi connectivity index (χ0v) is 14.5. The van der Waals surface area contributed by atoms with E-state index in [1.165, 1.54) is 13.4 Å². The first kappa shape index (κ1) is 17.6. The number of nitrogens with one attached hydrogen (secondary N) is 2. The van der Waals surface area contributed by atoms with Gasteiger partial charge >= 0.3 is 0 Å². The molecule has 0 unspecified atom stereocenters. The maximum Gasteiger partial charge on any atom is 0.291 e. The van der Waals surface area contributed by atoms with E-state index in [9.17, 15) is 9.59 Å². The van der Waals surface area contributed by atoms with Crippen LogP contribution in [0, 0.1) is 0 Å². The number of hydrogen-bond acceptors (Lipinski definition) is 4. The molecule has 3 aromatic rings. The Bertz CT molecular complexity index is 938. The average Bonchev–Trinajstić information content (AvgIpc) is 3.17. The Balaban J connectivity index is 1.83. The van der Waals surface area contributed by atoms with Gasteiger partial charge in [-0.05, 0) is 42.5 Å². The summed E-state index contributed by atoms with van der Waals surface area (Å²) < 4.78 is 10.3. The number of methoxy groups -OCH3 is 1. The number of anilines is 2. The zero-order valence-electron chi connectivity index (χ0n) is 13.8. The van der Waals surface area contributed by atoms with Gasteiger partial charge in [0.2, 0.25) is 0 Å². The van der Waals surface area contributed by atoms with Crippen LogP contribution in [-0.2, 0) is 0 Å². The van der Waals surface area contributed by atoms with Crippen molar-refractivity contribution in [1.29, 1.82) is 0 Å². The van der Waals surface area contributed by atoms with Crippen LogP contribution in [0.2, 0.25) is 5.02 Å². The van der Waals surface area contributed by atoms with E-state index in [4.69, 9.17) is 20.8 Å². The minimum absolute atomic E-state index is 0.183. The van der Waals surface area contributed by atoms with Crippen LogP contribution in [0.15, 0.2) is 65.3 Å². The molecule has 0 radical (unpaired) electrons. The Hall–Kier alpha value is -3.25. The second kappa shape index (κ2) is 7.76. The standard InChI is InChI=1S/C19H15ClN2O4/c1-25-16-9-8-12(21-19(24)17-7-4-10-26-17)11-15(16)22-18(23)13-5-2-3-6-14(13)20/h2-11H,1H3,(H,21,24)(H,22,23). The monoisotopic (exact) mass is 370 g/mol. The maximum absolute atomic E-state index is 12.5. The van der Waals surface area contributed by atoms with Crippen molar-refractivity contribution in [2.45, 2.75) is 0 Å². The molecule has 0 fully saturated rings. The summed E-state index contributed by atoms with van der Waals surface area (Å²) in [5.41, 5.74) is 1.21. The Labute approximate surface area is 154 Å². The number of amides is 2. The van der Waals surface area contributed by atoms with Gasteiger partial charge in [-0.25, -0.2) is 0 Å². The second-order valence-electron chi connectivity index (χ2n) is 5.28. The van der Waals surface area contributed by atoms with Gasteiger partial charge in [0.25, 0.3) is 11.8 Å². The van der Waals surface area contributed by atoms with E-state index in [0.29, 0.717) is 27.7 Å². The fraction of sp³-hybridized carbons (Fsp3) is 0.0526. The third-order valence-electron chi connectivity index (χ3n) is 3.57. The number of hydrogen-bond donors (Lipinski definition) is 2. The number of carbonyl (C=O) groups is 2. The van der Waals surface area contributed by atoms with Gasteiger partial charge in [0.15, 0.2) is 5.76 Å². The summed E-state index contributed by atoms with van der Waals surface area (Å²) in [6, 6.07) is 14.8. The van der Waals surface area contributed by atoms with Crippen molar-refractivity contribution in [3.63, 3.8) is 0 Å². The van der Waals surface area contributed by atoms with E-state index in [-0.39, 0.29) is 11.7 Å². The van der Waals surface area contributed by atoms with Gasteiger partial charge in [0, 0.05) is 5.69 Å². The van der Waals surface area contributed by atoms with Crippen LogP contribution in [0.4, 0.5) is 11.4 Å². The molecule has 0 atom stereocenters. The van der Waals surface area contributed by atoms with E-state index in [1.54, 1.807) is 54.6 Å². The Morgan fingerprint density at radius 2 is 1.81 bits per heavy atom. The predicted octanol–water partition coefficient (Wildman–Crippen LogP) is 4.45. The highest BCUT2D eigenvalue weighted by molar-refractivity contribution is 6.34. The molecule has 1 heterocycles. The first-order valence-corrected chi connectivity index (χ1v) is 8.05. The molecule has 0 aliphatic heterocycles. The van der Waals surface area contributed by atoms with Gasteiger partial charge in [-0.15, -0.1) is 0 Å². The second-order valence-corrected chi connectivity index (χ2v) is 5.69. The highest BCUT2D eigenvalue weighted by Gasteiger charge is 2.15. The third-order valence-corrected chi connectivity index (χ3v) is 3.90. The third kappa shape index (κ3) is 3.87. The van der Waals surface area contributed by atoms with Crippen LogP contribution in [-0.4, -0.2) is 18.9 Å². The molecule has 132 valence electrons. The predicted molar refractivity (Wildman–Crippen MR) is 99.1 cm³/mol. The van der Waals surface area contributed by atoms with Gasteiger partial charge in [-0.1, -0.05) is 23.7 Å². The van der Waals surface area contributed by atoms with Crippen molar-refractivity contribution in [3.05, 3.63) is 77.2 Å². The molecule has 0 saturated heterocycles. The Morgan fingerprint density at radius 1 is 1.00 bits per heavy atom. The minimum Gasteiger partial charge on any atom is -0.495 e. The quantitative estimate of drug-likeness (QED) is 0.695. The van der Waals surface area contributed by atoms with Crippen LogP contribution in [0.1, 0.15) is 20.9 Å². The van der Waals surface area contributed by atoms with Crippen molar-refractivity contribution in [2.24, 2.45) is 0 Å². The average molecular weight is 371 g/mol. The molecule has 26 heavy (non-hydrogen) atoms. The van der Waals surface area contributed by atoms with Crippen molar-refractivity contribution < 1.29 is 18.7 Å². The lowest BCUT2D eigenvalue weighted by Gasteiger charge is -2.13. The molecule has 0 saturated carbocycles. The van der Waals surface area contributed by atoms with Crippen LogP contribution in [0.25, 0.3) is 0 Å². The van der Waals surface area contributed by atoms with E-state index in [2.05, 4.69) is 10.6 Å². The fourth-order valence-electron chi connectivity index (χ4n) is 2.32. The molecular formula is C19H15ClN2O4. The molecule has 3 rings (SSSR count). The topological polar surface area (TPSA) is 80.6 Å². The summed E-state index contributed by atoms with van der Waals surface area (Å²) in [6.45, 7) is 0. The number of halogens is 1. The van der Waals surface area contributed by atoms with Gasteiger partial charge < -0.3 is 19.8 Å². The Morgan fingerprint density at radius 3 is 2.50 bits per heavy atom. The number of furan rings is 1. The van der Waals surface area contributed by atoms with Gasteiger partial charge in [0.05, 0.1) is 29.6 Å². The molecule has 0 aliphatic rings. The molecule has 1 aromatic heterocycles. The minimum atomic E-state index is -0.399. The highest BCUT2D eigenvalue weighted by Crippen LogP contribution is 2.29. The van der Waals surface area contributed by atoms with Crippen molar-refractivity contribution in [2.75, 3.05) is 17.7 Å². The van der Waals surface area contributed by atoms with Crippen molar-refractivity contribution in [3.8, 4) is 5.75 Å². The molecule has 0 aliphatic carbocycles. The van der Waals surface area contributed by atoms with E-state index in [0.717, 1.165) is 0 Å². The number of rotatable bonds is 5. The van der Waals surface area contributed by atoms with E-state index < -0.39 is 5.91 Å². The molecule has 2 aromatic carbocycles. The van der Waals surface area contributed by atoms with Crippen LogP contribution in [0.5, 0.6) is 5.75 Å². The lowest BCUT2D eigenvalue weighted by Crippen LogP contribution is -2.14. The van der Waals surface area contributed by atoms with Crippen LogP contribution >= 0.6 is 11.6 Å². The first-order valence-electron chi connectivity index (χ1n) is 7.67. The zero-order chi connectivity index (χ0) is 18.5. The first-order chi connectivity index (χ1) is 12.6. The lowest BCUT2D eigenvalue weighted by atomic mass is 10.2. The molecule has 7 heteroatoms. The largest absolute Gasteiger partial charge is 0.495 e. The summed E-state index contributed by atoms with van der Waals surface area (Å²) in [4.78, 5) is 24.6. The molecule has 2 amide bonds. The van der Waals surface area contributed by atoms with Gasteiger partial charge in [-0.3, -0.25) is 9.59 Å². The number of benzene rings is 2. The van der Waals surface area contributed by atoms with Gasteiger partial charge in [0.1, 0.15) is 5.75 Å². The molecule has 0 bridgehead atoms. The van der Waals surface area contributed by atoms with Crippen molar-refractivity contribution >= 4 is 34.8 Å². The fourth-order valence-corrected chi connectivity index (χ4v) is 2.54. The maximum atomic E-state index is 12.5.